The third-order valence-electron chi connectivity index (χ3n) is 4.44. The van der Waals surface area contributed by atoms with Crippen molar-refractivity contribution >= 4 is 11.3 Å². The minimum absolute atomic E-state index is 0.496. The molecule has 1 fully saturated rings. The topological polar surface area (TPSA) is 12.0 Å². The van der Waals surface area contributed by atoms with Gasteiger partial charge >= 0.3 is 0 Å². The van der Waals surface area contributed by atoms with Crippen LogP contribution in [0.1, 0.15) is 61.4 Å². The van der Waals surface area contributed by atoms with Gasteiger partial charge in [-0.3, -0.25) is 0 Å². The zero-order valence-corrected chi connectivity index (χ0v) is 13.2. The largest absolute Gasteiger partial charge is 0.307 e. The molecule has 0 aliphatic heterocycles. The van der Waals surface area contributed by atoms with E-state index < -0.39 is 0 Å². The average Bonchev–Trinajstić information content (AvgIpc) is 2.62. The van der Waals surface area contributed by atoms with E-state index in [4.69, 9.17) is 0 Å². The van der Waals surface area contributed by atoms with E-state index >= 15 is 0 Å². The highest BCUT2D eigenvalue weighted by Gasteiger charge is 2.26. The molecule has 4 unspecified atom stereocenters. The molecular formula is C16H27NS. The van der Waals surface area contributed by atoms with Gasteiger partial charge in [-0.25, -0.2) is 0 Å². The summed E-state index contributed by atoms with van der Waals surface area (Å²) in [7, 11) is 0. The van der Waals surface area contributed by atoms with Crippen molar-refractivity contribution in [1.29, 1.82) is 0 Å². The summed E-state index contributed by atoms with van der Waals surface area (Å²) in [4.78, 5) is 2.91. The van der Waals surface area contributed by atoms with E-state index in [0.29, 0.717) is 12.1 Å². The molecule has 1 aromatic heterocycles. The zero-order valence-electron chi connectivity index (χ0n) is 12.4. The van der Waals surface area contributed by atoms with E-state index in [2.05, 4.69) is 46.0 Å². The summed E-state index contributed by atoms with van der Waals surface area (Å²) < 4.78 is 0. The number of nitrogens with one attached hydrogen (secondary N) is 1. The van der Waals surface area contributed by atoms with Gasteiger partial charge in [-0.2, -0.15) is 0 Å². The molecule has 1 saturated carbocycles. The number of thiophene rings is 1. The summed E-state index contributed by atoms with van der Waals surface area (Å²) in [6, 6.07) is 3.56. The van der Waals surface area contributed by atoms with Crippen LogP contribution in [0.25, 0.3) is 0 Å². The number of aryl methyl sites for hydroxylation is 2. The van der Waals surface area contributed by atoms with Gasteiger partial charge in [0, 0.05) is 21.8 Å². The smallest absolute Gasteiger partial charge is 0.0305 e. The van der Waals surface area contributed by atoms with Gasteiger partial charge in [0.1, 0.15) is 0 Å². The first-order valence-electron chi connectivity index (χ1n) is 7.30. The highest BCUT2D eigenvalue weighted by molar-refractivity contribution is 7.12. The van der Waals surface area contributed by atoms with Crippen LogP contribution in [0.5, 0.6) is 0 Å². The first kappa shape index (κ1) is 14.1. The van der Waals surface area contributed by atoms with Gasteiger partial charge in [0.2, 0.25) is 0 Å². The Hall–Kier alpha value is -0.340. The Balaban J connectivity index is 1.99. The average molecular weight is 265 g/mol. The van der Waals surface area contributed by atoms with E-state index in [-0.39, 0.29) is 0 Å². The molecule has 1 nitrogen and oxygen atoms in total. The van der Waals surface area contributed by atoms with Crippen LogP contribution in [-0.2, 0) is 0 Å². The molecule has 1 aliphatic rings. The molecule has 0 spiro atoms. The zero-order chi connectivity index (χ0) is 13.3. The Morgan fingerprint density at radius 1 is 1.28 bits per heavy atom. The quantitative estimate of drug-likeness (QED) is 0.824. The maximum atomic E-state index is 3.87. The lowest BCUT2D eigenvalue weighted by Crippen LogP contribution is -2.40. The SMILES string of the molecule is Cc1cc(C(C)NC2CCC(C)CC2C)c(C)s1. The molecular weight excluding hydrogens is 238 g/mol. The molecule has 0 radical (unpaired) electrons. The Morgan fingerprint density at radius 3 is 2.56 bits per heavy atom. The fourth-order valence-corrected chi connectivity index (χ4v) is 4.43. The van der Waals surface area contributed by atoms with Crippen LogP contribution < -0.4 is 5.32 Å². The van der Waals surface area contributed by atoms with E-state index in [0.717, 1.165) is 11.8 Å². The second kappa shape index (κ2) is 5.75. The Morgan fingerprint density at radius 2 is 2.00 bits per heavy atom. The molecule has 18 heavy (non-hydrogen) atoms. The minimum Gasteiger partial charge on any atom is -0.307 e. The molecule has 0 saturated heterocycles. The summed E-state index contributed by atoms with van der Waals surface area (Å²) in [6.45, 7) is 11.6. The van der Waals surface area contributed by atoms with Crippen molar-refractivity contribution in [3.63, 3.8) is 0 Å². The van der Waals surface area contributed by atoms with Crippen LogP contribution in [0, 0.1) is 25.7 Å². The molecule has 2 heteroatoms. The molecule has 102 valence electrons. The molecule has 1 heterocycles. The van der Waals surface area contributed by atoms with Gasteiger partial charge < -0.3 is 5.32 Å². The second-order valence-electron chi connectivity index (χ2n) is 6.26. The number of hydrogen-bond acceptors (Lipinski definition) is 2. The molecule has 1 N–H and O–H groups in total. The molecule has 1 aromatic rings. The lowest BCUT2D eigenvalue weighted by molar-refractivity contribution is 0.216. The summed E-state index contributed by atoms with van der Waals surface area (Å²) >= 11 is 1.92. The fourth-order valence-electron chi connectivity index (χ4n) is 3.40. The van der Waals surface area contributed by atoms with Crippen LogP contribution in [0.3, 0.4) is 0 Å². The van der Waals surface area contributed by atoms with Crippen LogP contribution in [0.2, 0.25) is 0 Å². The van der Waals surface area contributed by atoms with E-state index in [1.54, 1.807) is 0 Å². The van der Waals surface area contributed by atoms with E-state index in [9.17, 15) is 0 Å². The lowest BCUT2D eigenvalue weighted by Gasteiger charge is -2.35. The molecule has 0 aromatic carbocycles. The monoisotopic (exact) mass is 265 g/mol. The number of hydrogen-bond donors (Lipinski definition) is 1. The molecule has 0 amide bonds. The van der Waals surface area contributed by atoms with Crippen molar-refractivity contribution in [3.8, 4) is 0 Å². The third kappa shape index (κ3) is 3.16. The molecule has 1 aliphatic carbocycles. The van der Waals surface area contributed by atoms with Crippen molar-refractivity contribution in [2.24, 2.45) is 11.8 Å². The van der Waals surface area contributed by atoms with Crippen molar-refractivity contribution in [2.75, 3.05) is 0 Å². The molecule has 2 rings (SSSR count). The predicted molar refractivity (Wildman–Crippen MR) is 81.3 cm³/mol. The van der Waals surface area contributed by atoms with Crippen LogP contribution >= 0.6 is 11.3 Å². The van der Waals surface area contributed by atoms with Crippen molar-refractivity contribution in [2.45, 2.75) is 66.0 Å². The van der Waals surface area contributed by atoms with Gasteiger partial charge in [0.25, 0.3) is 0 Å². The van der Waals surface area contributed by atoms with Crippen molar-refractivity contribution < 1.29 is 0 Å². The standard InChI is InChI=1S/C16H27NS/c1-10-6-7-16(11(2)8-10)17-13(4)15-9-12(3)18-14(15)5/h9-11,13,16-17H,6-8H2,1-5H3. The lowest BCUT2D eigenvalue weighted by atomic mass is 9.79. The normalized spacial score (nSPS) is 30.4. The maximum Gasteiger partial charge on any atom is 0.0305 e. The highest BCUT2D eigenvalue weighted by Crippen LogP contribution is 2.32. The predicted octanol–water partition coefficient (Wildman–Crippen LogP) is 4.84. The van der Waals surface area contributed by atoms with Crippen LogP contribution in [0.4, 0.5) is 0 Å². The van der Waals surface area contributed by atoms with E-state index in [1.165, 1.54) is 34.6 Å². The van der Waals surface area contributed by atoms with Crippen molar-refractivity contribution in [1.82, 2.24) is 5.32 Å². The van der Waals surface area contributed by atoms with Gasteiger partial charge in [-0.15, -0.1) is 11.3 Å². The van der Waals surface area contributed by atoms with Crippen LogP contribution in [0.15, 0.2) is 6.07 Å². The van der Waals surface area contributed by atoms with Gasteiger partial charge in [-0.05, 0) is 63.5 Å². The molecule has 0 bridgehead atoms. The maximum absolute atomic E-state index is 3.87. The van der Waals surface area contributed by atoms with Crippen molar-refractivity contribution in [3.05, 3.63) is 21.4 Å². The Kier molecular flexibility index (Phi) is 4.50. The Labute approximate surface area is 116 Å². The summed E-state index contributed by atoms with van der Waals surface area (Å²) in [5, 5.41) is 3.87. The summed E-state index contributed by atoms with van der Waals surface area (Å²) in [5.41, 5.74) is 1.50. The Bertz CT molecular complexity index is 396. The first-order valence-corrected chi connectivity index (χ1v) is 8.12. The van der Waals surface area contributed by atoms with Gasteiger partial charge in [0.15, 0.2) is 0 Å². The van der Waals surface area contributed by atoms with Gasteiger partial charge in [-0.1, -0.05) is 13.8 Å². The second-order valence-corrected chi connectivity index (χ2v) is 7.72. The summed E-state index contributed by atoms with van der Waals surface area (Å²) in [5.74, 6) is 1.73. The van der Waals surface area contributed by atoms with Gasteiger partial charge in [0.05, 0.1) is 0 Å². The fraction of sp³-hybridized carbons (Fsp3) is 0.750. The van der Waals surface area contributed by atoms with Crippen LogP contribution in [-0.4, -0.2) is 6.04 Å². The first-order chi connectivity index (χ1) is 8.47. The minimum atomic E-state index is 0.496. The molecule has 4 atom stereocenters. The highest BCUT2D eigenvalue weighted by atomic mass is 32.1. The number of rotatable bonds is 3. The summed E-state index contributed by atoms with van der Waals surface area (Å²) in [6.07, 6.45) is 4.11. The third-order valence-corrected chi connectivity index (χ3v) is 5.42. The van der Waals surface area contributed by atoms with E-state index in [1.807, 2.05) is 11.3 Å².